The summed E-state index contributed by atoms with van der Waals surface area (Å²) < 4.78 is 16.4. The van der Waals surface area contributed by atoms with Gasteiger partial charge < -0.3 is 112 Å². The molecule has 26 N–H and O–H groups in total. The van der Waals surface area contributed by atoms with Gasteiger partial charge in [-0.05, 0) is 69.2 Å². The number of phosphoric acid groups is 1. The molecule has 0 saturated carbocycles. The van der Waals surface area contributed by atoms with Crippen molar-refractivity contribution in [2.24, 2.45) is 46.4 Å². The minimum atomic E-state index is -5.55. The maximum Gasteiger partial charge on any atom is 0.469 e. The van der Waals surface area contributed by atoms with Crippen LogP contribution in [0.1, 0.15) is 125 Å². The van der Waals surface area contributed by atoms with Crippen molar-refractivity contribution < 1.29 is 116 Å². The number of aliphatic carboxylic acids is 3. The Hall–Kier alpha value is -8.49. The van der Waals surface area contributed by atoms with E-state index in [2.05, 4.69) is 41.7 Å². The maximum absolute atomic E-state index is 14.2. The minimum absolute atomic E-state index is 0.0543. The van der Waals surface area contributed by atoms with E-state index in [0.717, 1.165) is 0 Å². The number of primary amides is 3. The van der Waals surface area contributed by atoms with Crippen LogP contribution in [0.4, 0.5) is 0 Å². The highest BCUT2D eigenvalue weighted by molar-refractivity contribution is 7.46. The molecule has 0 aliphatic carbocycles. The summed E-state index contributed by atoms with van der Waals surface area (Å²) in [6.45, 7) is 7.13. The molecule has 0 rings (SSSR count). The first-order valence-electron chi connectivity index (χ1n) is 29.0. The van der Waals surface area contributed by atoms with Gasteiger partial charge in [0.05, 0.1) is 38.5 Å². The average molecular weight is 1340 g/mol. The van der Waals surface area contributed by atoms with Crippen LogP contribution in [0.3, 0.4) is 0 Å². The number of amides is 13. The van der Waals surface area contributed by atoms with Gasteiger partial charge in [0.2, 0.25) is 76.8 Å². The van der Waals surface area contributed by atoms with Crippen LogP contribution in [0.5, 0.6) is 0 Å². The molecule has 0 heterocycles. The smallest absolute Gasteiger partial charge is 0.469 e. The van der Waals surface area contributed by atoms with E-state index >= 15 is 0 Å². The Morgan fingerprint density at radius 1 is 0.446 bits per heavy atom. The van der Waals surface area contributed by atoms with Gasteiger partial charge in [-0.15, -0.1) is 0 Å². The number of rotatable bonds is 47. The Bertz CT molecular complexity index is 2660. The molecule has 92 heavy (non-hydrogen) atoms. The number of nitrogens with one attached hydrogen (secondary N) is 10. The number of carbonyl (C=O) groups excluding carboxylic acids is 13. The molecule has 0 aliphatic heterocycles. The van der Waals surface area contributed by atoms with Crippen molar-refractivity contribution in [2.75, 3.05) is 19.8 Å². The topological polar surface area (TPSA) is 671 Å². The fourth-order valence-corrected chi connectivity index (χ4v) is 8.65. The summed E-state index contributed by atoms with van der Waals surface area (Å²) in [6.07, 6.45) is -5.58. The number of nitrogens with two attached hydrogens (primary N) is 5. The highest BCUT2D eigenvalue weighted by atomic mass is 31.2. The van der Waals surface area contributed by atoms with Gasteiger partial charge >= 0.3 is 25.7 Å². The first-order valence-corrected chi connectivity index (χ1v) is 30.5. The molecule has 0 fully saturated rings. The lowest BCUT2D eigenvalue weighted by Gasteiger charge is -2.30. The van der Waals surface area contributed by atoms with E-state index in [-0.39, 0.29) is 44.6 Å². The van der Waals surface area contributed by atoms with Crippen molar-refractivity contribution in [3.05, 3.63) is 0 Å². The zero-order valence-electron chi connectivity index (χ0n) is 51.8. The summed E-state index contributed by atoms with van der Waals surface area (Å²) in [5.41, 5.74) is 27.1. The molecule has 39 nitrogen and oxygen atoms in total. The second-order valence-electron chi connectivity index (χ2n) is 22.3. The van der Waals surface area contributed by atoms with E-state index < -0.39 is 239 Å². The Labute approximate surface area is 528 Å². The number of carboxylic acids is 3. The number of hydrogen-bond donors (Lipinski definition) is 21. The molecule has 0 unspecified atom stereocenters. The lowest BCUT2D eigenvalue weighted by atomic mass is 9.96. The number of aliphatic hydroxyl groups is 1. The average Bonchev–Trinajstić information content (AvgIpc) is 0.914. The second kappa shape index (κ2) is 41.8. The van der Waals surface area contributed by atoms with E-state index in [0.29, 0.717) is 6.42 Å². The highest BCUT2D eigenvalue weighted by Crippen LogP contribution is 2.35. The fraction of sp³-hybridized carbons (Fsp3) is 0.692. The van der Waals surface area contributed by atoms with Gasteiger partial charge in [0.15, 0.2) is 0 Å². The summed E-state index contributed by atoms with van der Waals surface area (Å²) in [5, 5.41) is 60.8. The number of aliphatic hydroxyl groups excluding tert-OH is 1. The Balaban J connectivity index is 7.13. The maximum atomic E-state index is 14.2. The van der Waals surface area contributed by atoms with Crippen molar-refractivity contribution in [3.63, 3.8) is 0 Å². The predicted molar refractivity (Wildman–Crippen MR) is 316 cm³/mol. The van der Waals surface area contributed by atoms with Crippen LogP contribution in [0, 0.1) is 17.8 Å². The number of phosphoric ester groups is 1. The van der Waals surface area contributed by atoms with Crippen LogP contribution < -0.4 is 81.8 Å². The zero-order valence-corrected chi connectivity index (χ0v) is 52.7. The van der Waals surface area contributed by atoms with Gasteiger partial charge in [0.1, 0.15) is 60.4 Å². The molecule has 0 bridgehead atoms. The number of carbonyl (C=O) groups is 16. The number of hydrogen-bond acceptors (Lipinski definition) is 21. The Morgan fingerprint density at radius 2 is 0.837 bits per heavy atom. The van der Waals surface area contributed by atoms with Gasteiger partial charge in [-0.2, -0.15) is 0 Å². The molecule has 40 heteroatoms. The van der Waals surface area contributed by atoms with Crippen molar-refractivity contribution in [2.45, 2.75) is 191 Å². The molecule has 0 aromatic rings. The molecule has 522 valence electrons. The quantitative estimate of drug-likeness (QED) is 0.0199. The van der Waals surface area contributed by atoms with Crippen molar-refractivity contribution in [1.29, 1.82) is 0 Å². The van der Waals surface area contributed by atoms with Gasteiger partial charge in [-0.1, -0.05) is 48.0 Å². The molecule has 0 saturated heterocycles. The van der Waals surface area contributed by atoms with Crippen LogP contribution in [0.25, 0.3) is 0 Å². The van der Waals surface area contributed by atoms with Crippen molar-refractivity contribution >= 4 is 103 Å². The minimum Gasteiger partial charge on any atom is -0.481 e. The Kier molecular flexibility index (Phi) is 37.9. The van der Waals surface area contributed by atoms with E-state index in [9.17, 15) is 111 Å². The molecule has 0 spiro atoms. The molecule has 12 atom stereocenters. The van der Waals surface area contributed by atoms with Gasteiger partial charge in [0, 0.05) is 12.8 Å². The normalized spacial score (nSPS) is 15.2. The summed E-state index contributed by atoms with van der Waals surface area (Å²) in [5.74, 6) is -22.5. The first kappa shape index (κ1) is 83.5. The third-order valence-electron chi connectivity index (χ3n) is 13.3. The van der Waals surface area contributed by atoms with Crippen LogP contribution in [-0.2, 0) is 85.8 Å². The highest BCUT2D eigenvalue weighted by Gasteiger charge is 2.39. The molecule has 0 radical (unpaired) electrons. The van der Waals surface area contributed by atoms with Gasteiger partial charge in [-0.25, -0.2) is 9.36 Å². The number of carboxylic acid groups (broad SMARTS) is 3. The summed E-state index contributed by atoms with van der Waals surface area (Å²) in [4.78, 5) is 228. The zero-order chi connectivity index (χ0) is 70.9. The Morgan fingerprint density at radius 3 is 1.26 bits per heavy atom. The van der Waals surface area contributed by atoms with Crippen LogP contribution >= 0.6 is 7.82 Å². The van der Waals surface area contributed by atoms with Crippen LogP contribution in [-0.4, -0.2) is 211 Å². The predicted octanol–water partition coefficient (Wildman–Crippen LogP) is -8.03. The standard InChI is InChI=1S/C52H90N15O24P/c1-7-25(6)41(67-44(78)27(11-13-36(55)69)58-45(79)30(16-23(2)3)61-42(76)26(54)18-37(56)70)51(85)66-35(22-91-92(88,89)90)50(84)63-32(19-38(57)71)47(81)59-28(12-14-39(72)73)43(77)64-33(20-40(74)75)48(82)62-31(17-24(4)5)46(80)65-34(21-68)49(83)60-29(52(86)87)10-8-9-15-53/h23-35,41,68H,7-22,53-54H2,1-6H3,(H2,55,69)(H2,56,70)(H2,57,71)(H,58,79)(H,59,81)(H,60,83)(H,61,76)(H,62,82)(H,63,84)(H,64,77)(H,65,80)(H,66,85)(H,67,78)(H,72,73)(H,74,75)(H,86,87)(H2,88,89,90)/t25-,26-,27-,28-,29-,30-,31-,32-,33-,34-,35-,41-/m0/s1. The monoisotopic (exact) mass is 1340 g/mol. The molecule has 0 aromatic heterocycles. The molecular formula is C52H90N15O24P. The lowest BCUT2D eigenvalue weighted by Crippen LogP contribution is -2.62. The third kappa shape index (κ3) is 34.1. The van der Waals surface area contributed by atoms with Crippen molar-refractivity contribution in [3.8, 4) is 0 Å². The molecule has 0 aromatic carbocycles. The van der Waals surface area contributed by atoms with E-state index in [1.165, 1.54) is 13.8 Å². The van der Waals surface area contributed by atoms with E-state index in [4.69, 9.17) is 28.7 Å². The SMILES string of the molecule is CC[C@H](C)[C@H](NC(=O)[C@H](CCC(N)=O)NC(=O)[C@H](CC(C)C)NC(=O)[C@@H](N)CC(N)=O)C(=O)N[C@@H](COP(=O)(O)O)C(=O)N[C@@H](CC(N)=O)C(=O)N[C@@H](CCC(=O)O)C(=O)N[C@@H](CC(=O)O)C(=O)N[C@@H](CC(C)C)C(=O)N[C@@H](CO)C(=O)N[C@@H](CCCCN)C(=O)O. The van der Waals surface area contributed by atoms with Crippen molar-refractivity contribution in [1.82, 2.24) is 53.2 Å². The summed E-state index contributed by atoms with van der Waals surface area (Å²) in [7, 11) is -5.55. The van der Waals surface area contributed by atoms with Gasteiger partial charge in [-0.3, -0.25) is 76.4 Å². The number of unbranched alkanes of at least 4 members (excludes halogenated alkanes) is 1. The van der Waals surface area contributed by atoms with Gasteiger partial charge in [0.25, 0.3) is 0 Å². The first-order chi connectivity index (χ1) is 42.7. The van der Waals surface area contributed by atoms with E-state index in [1.807, 2.05) is 16.0 Å². The second-order valence-corrected chi connectivity index (χ2v) is 23.5. The largest absolute Gasteiger partial charge is 0.481 e. The molecule has 0 aliphatic rings. The lowest BCUT2D eigenvalue weighted by molar-refractivity contribution is -0.143. The van der Waals surface area contributed by atoms with Crippen LogP contribution in [0.15, 0.2) is 0 Å². The summed E-state index contributed by atoms with van der Waals surface area (Å²) >= 11 is 0. The fourth-order valence-electron chi connectivity index (χ4n) is 8.30. The third-order valence-corrected chi connectivity index (χ3v) is 13.8. The van der Waals surface area contributed by atoms with E-state index in [1.54, 1.807) is 27.7 Å². The summed E-state index contributed by atoms with van der Waals surface area (Å²) in [6, 6.07) is -20.1. The van der Waals surface area contributed by atoms with Crippen LogP contribution in [0.2, 0.25) is 0 Å². The molecular weight excluding hydrogens is 1250 g/mol. The molecule has 13 amide bonds.